The van der Waals surface area contributed by atoms with Crippen LogP contribution in [0.3, 0.4) is 0 Å². The Morgan fingerprint density at radius 2 is 1.71 bits per heavy atom. The van der Waals surface area contributed by atoms with E-state index >= 15 is 0 Å². The number of hydrazine groups is 1. The fourth-order valence-corrected chi connectivity index (χ4v) is 2.12. The van der Waals surface area contributed by atoms with Crippen LogP contribution in [0.2, 0.25) is 0 Å². The second-order valence-electron chi connectivity index (χ2n) is 4.65. The van der Waals surface area contributed by atoms with Crippen molar-refractivity contribution in [2.24, 2.45) is 0 Å². The van der Waals surface area contributed by atoms with E-state index in [1.165, 1.54) is 13.0 Å². The number of aryl methyl sites for hydroxylation is 1. The lowest BCUT2D eigenvalue weighted by molar-refractivity contribution is 0.0939. The van der Waals surface area contributed by atoms with Crippen molar-refractivity contribution in [2.45, 2.75) is 20.8 Å². The van der Waals surface area contributed by atoms with Gasteiger partial charge in [0.2, 0.25) is 0 Å². The van der Waals surface area contributed by atoms with Gasteiger partial charge in [0.1, 0.15) is 0 Å². The van der Waals surface area contributed by atoms with Gasteiger partial charge in [-0.15, -0.1) is 0 Å². The smallest absolute Gasteiger partial charge is 0.287 e. The summed E-state index contributed by atoms with van der Waals surface area (Å²) < 4.78 is 30.0. The van der Waals surface area contributed by atoms with Gasteiger partial charge in [0, 0.05) is 11.3 Å². The van der Waals surface area contributed by atoms with E-state index in [9.17, 15) is 13.2 Å². The van der Waals surface area contributed by atoms with Crippen molar-refractivity contribution in [1.82, 2.24) is 10.9 Å². The molecule has 0 heterocycles. The summed E-state index contributed by atoms with van der Waals surface area (Å²) in [6, 6.07) is 7.07. The van der Waals surface area contributed by atoms with E-state index in [0.717, 1.165) is 11.0 Å². The molecule has 0 saturated carbocycles. The molecule has 0 atom stereocenters. The highest BCUT2D eigenvalue weighted by Gasteiger charge is 2.04. The Labute approximate surface area is 124 Å². The first-order valence-corrected chi connectivity index (χ1v) is 7.65. The molecule has 0 aliphatic rings. The Morgan fingerprint density at radius 1 is 1.14 bits per heavy atom. The maximum Gasteiger partial charge on any atom is 0.287 e. The first kappa shape index (κ1) is 16.9. The summed E-state index contributed by atoms with van der Waals surface area (Å²) in [4.78, 5) is 11.8. The molecule has 1 aromatic rings. The fraction of sp³-hybridized carbons (Fsp3) is 0.214. The number of hydrogen-bond donors (Lipinski definition) is 3. The largest absolute Gasteiger partial charge is 0.303 e. The number of carbonyl (C=O) groups excluding carboxylic acids is 1. The number of benzene rings is 1. The Hall–Kier alpha value is -2.12. The summed E-state index contributed by atoms with van der Waals surface area (Å²) in [7, 11) is -4.17. The second-order valence-corrected chi connectivity index (χ2v) is 5.91. The van der Waals surface area contributed by atoms with Gasteiger partial charge in [-0.3, -0.25) is 14.8 Å². The van der Waals surface area contributed by atoms with Gasteiger partial charge < -0.3 is 5.43 Å². The van der Waals surface area contributed by atoms with Gasteiger partial charge in [0.15, 0.2) is 0 Å². The van der Waals surface area contributed by atoms with Crippen molar-refractivity contribution < 1.29 is 17.8 Å². The molecule has 1 amide bonds. The maximum atomic E-state index is 11.8. The van der Waals surface area contributed by atoms with Crippen molar-refractivity contribution in [3.63, 3.8) is 0 Å². The third-order valence-electron chi connectivity index (χ3n) is 2.47. The van der Waals surface area contributed by atoms with Crippen LogP contribution in [0.25, 0.3) is 0 Å². The molecule has 0 radical (unpaired) electrons. The molecule has 6 nitrogen and oxygen atoms in total. The topological polar surface area (TPSA) is 95.5 Å². The van der Waals surface area contributed by atoms with Gasteiger partial charge >= 0.3 is 0 Å². The SMILES string of the molecule is CC(=C\S(=O)(=O)O)/C=C(\C)NNC(=O)c1ccc(C)cc1. The standard InChI is InChI=1S/C14H18N2O4S/c1-10-4-6-13(7-5-10)14(17)16-15-12(3)8-11(2)9-21(18,19)20/h4-9,15H,1-3H3,(H,16,17)(H,18,19,20)/b11-9+,12-8+. The minimum absolute atomic E-state index is 0.306. The van der Waals surface area contributed by atoms with Crippen molar-refractivity contribution in [2.75, 3.05) is 0 Å². The molecule has 0 aromatic heterocycles. The van der Waals surface area contributed by atoms with Crippen molar-refractivity contribution >= 4 is 16.0 Å². The van der Waals surface area contributed by atoms with Gasteiger partial charge in [-0.25, -0.2) is 0 Å². The zero-order valence-electron chi connectivity index (χ0n) is 12.0. The quantitative estimate of drug-likeness (QED) is 0.439. The number of allylic oxidation sites excluding steroid dienone is 3. The molecule has 0 bridgehead atoms. The van der Waals surface area contributed by atoms with Crippen LogP contribution in [0.4, 0.5) is 0 Å². The Kier molecular flexibility index (Phi) is 5.69. The van der Waals surface area contributed by atoms with E-state index in [1.54, 1.807) is 19.1 Å². The molecule has 3 N–H and O–H groups in total. The first-order chi connectivity index (χ1) is 9.67. The van der Waals surface area contributed by atoms with E-state index < -0.39 is 10.1 Å². The number of nitrogens with one attached hydrogen (secondary N) is 2. The molecule has 0 saturated heterocycles. The van der Waals surface area contributed by atoms with E-state index in [1.807, 2.05) is 19.1 Å². The summed E-state index contributed by atoms with van der Waals surface area (Å²) in [5, 5.41) is 0.722. The third kappa shape index (κ3) is 6.73. The van der Waals surface area contributed by atoms with Gasteiger partial charge in [-0.2, -0.15) is 8.42 Å². The molecule has 0 aliphatic carbocycles. The van der Waals surface area contributed by atoms with Gasteiger partial charge in [-0.05, 0) is 44.6 Å². The highest BCUT2D eigenvalue weighted by molar-refractivity contribution is 7.88. The van der Waals surface area contributed by atoms with E-state index in [-0.39, 0.29) is 5.91 Å². The van der Waals surface area contributed by atoms with Crippen molar-refractivity contribution in [1.29, 1.82) is 0 Å². The monoisotopic (exact) mass is 310 g/mol. The van der Waals surface area contributed by atoms with Crippen LogP contribution < -0.4 is 10.9 Å². The lowest BCUT2D eigenvalue weighted by Gasteiger charge is -2.09. The molecule has 1 aromatic carbocycles. The summed E-state index contributed by atoms with van der Waals surface area (Å²) >= 11 is 0. The number of amides is 1. The minimum Gasteiger partial charge on any atom is -0.303 e. The van der Waals surface area contributed by atoms with Crippen LogP contribution in [-0.4, -0.2) is 18.9 Å². The zero-order chi connectivity index (χ0) is 16.0. The predicted molar refractivity (Wildman–Crippen MR) is 80.8 cm³/mol. The normalized spacial score (nSPS) is 13.0. The second kappa shape index (κ2) is 7.05. The summed E-state index contributed by atoms with van der Waals surface area (Å²) in [6.45, 7) is 5.09. The molecule has 0 unspecified atom stereocenters. The average molecular weight is 310 g/mol. The van der Waals surface area contributed by atoms with E-state index in [0.29, 0.717) is 16.8 Å². The molecular weight excluding hydrogens is 292 g/mol. The lowest BCUT2D eigenvalue weighted by Crippen LogP contribution is -2.36. The van der Waals surface area contributed by atoms with Crippen LogP contribution in [-0.2, 0) is 10.1 Å². The predicted octanol–water partition coefficient (Wildman–Crippen LogP) is 1.92. The van der Waals surface area contributed by atoms with Crippen LogP contribution in [0.5, 0.6) is 0 Å². The third-order valence-corrected chi connectivity index (χ3v) is 3.14. The molecule has 0 spiro atoms. The van der Waals surface area contributed by atoms with E-state index in [2.05, 4.69) is 10.9 Å². The summed E-state index contributed by atoms with van der Waals surface area (Å²) in [5.41, 5.74) is 7.56. The molecule has 0 aliphatic heterocycles. The maximum absolute atomic E-state index is 11.8. The zero-order valence-corrected chi connectivity index (χ0v) is 12.9. The van der Waals surface area contributed by atoms with Gasteiger partial charge in [-0.1, -0.05) is 17.7 Å². The fourth-order valence-electron chi connectivity index (χ4n) is 1.58. The Balaban J connectivity index is 2.64. The average Bonchev–Trinajstić information content (AvgIpc) is 2.34. The summed E-state index contributed by atoms with van der Waals surface area (Å²) in [6.07, 6.45) is 1.48. The van der Waals surface area contributed by atoms with Crippen LogP contribution in [0.15, 0.2) is 47.0 Å². The molecule has 1 rings (SSSR count). The number of rotatable bonds is 5. The molecule has 21 heavy (non-hydrogen) atoms. The molecular formula is C14H18N2O4S. The Bertz CT molecular complexity index is 673. The van der Waals surface area contributed by atoms with Crippen LogP contribution in [0, 0.1) is 6.92 Å². The highest BCUT2D eigenvalue weighted by Crippen LogP contribution is 2.03. The number of hydrogen-bond acceptors (Lipinski definition) is 4. The minimum atomic E-state index is -4.17. The van der Waals surface area contributed by atoms with Crippen molar-refractivity contribution in [3.8, 4) is 0 Å². The highest BCUT2D eigenvalue weighted by atomic mass is 32.2. The molecule has 0 fully saturated rings. The van der Waals surface area contributed by atoms with E-state index in [4.69, 9.17) is 4.55 Å². The summed E-state index contributed by atoms with van der Waals surface area (Å²) in [5.74, 6) is -0.306. The number of carbonyl (C=O) groups is 1. The first-order valence-electron chi connectivity index (χ1n) is 6.14. The van der Waals surface area contributed by atoms with Crippen LogP contribution in [0.1, 0.15) is 29.8 Å². The van der Waals surface area contributed by atoms with Gasteiger partial charge in [0.05, 0.1) is 5.41 Å². The Morgan fingerprint density at radius 3 is 2.24 bits per heavy atom. The van der Waals surface area contributed by atoms with Crippen molar-refractivity contribution in [3.05, 3.63) is 58.1 Å². The molecule has 7 heteroatoms. The van der Waals surface area contributed by atoms with Crippen LogP contribution >= 0.6 is 0 Å². The lowest BCUT2D eigenvalue weighted by atomic mass is 10.1. The van der Waals surface area contributed by atoms with Gasteiger partial charge in [0.25, 0.3) is 16.0 Å². The molecule has 114 valence electrons.